The lowest BCUT2D eigenvalue weighted by molar-refractivity contribution is -0.146. The third-order valence-corrected chi connectivity index (χ3v) is 4.38. The van der Waals surface area contributed by atoms with Gasteiger partial charge in [0.25, 0.3) is 5.89 Å². The fourth-order valence-electron chi connectivity index (χ4n) is 3.01. The molecule has 24 heavy (non-hydrogen) atoms. The van der Waals surface area contributed by atoms with Crippen molar-refractivity contribution < 1.29 is 14.1 Å². The molecule has 1 aliphatic heterocycles. The number of morpholine rings is 1. The molecule has 1 amide bonds. The van der Waals surface area contributed by atoms with Crippen molar-refractivity contribution >= 4 is 5.91 Å². The molecule has 2 atom stereocenters. The number of hydrogen-bond donors (Lipinski definition) is 1. The zero-order chi connectivity index (χ0) is 16.7. The Kier molecular flexibility index (Phi) is 3.84. The number of H-pyrrole nitrogens is 1. The van der Waals surface area contributed by atoms with Gasteiger partial charge in [-0.05, 0) is 32.8 Å². The summed E-state index contributed by atoms with van der Waals surface area (Å²) in [6, 6.07) is 1.89. The zero-order valence-corrected chi connectivity index (χ0v) is 13.9. The number of ether oxygens (including phenoxy) is 1. The molecule has 1 N–H and O–H groups in total. The summed E-state index contributed by atoms with van der Waals surface area (Å²) < 4.78 is 11.3. The smallest absolute Gasteiger partial charge is 0.257 e. The van der Waals surface area contributed by atoms with Gasteiger partial charge in [0.2, 0.25) is 5.91 Å². The Morgan fingerprint density at radius 1 is 1.42 bits per heavy atom. The van der Waals surface area contributed by atoms with Gasteiger partial charge in [-0.15, -0.1) is 0 Å². The van der Waals surface area contributed by atoms with Crippen molar-refractivity contribution in [3.8, 4) is 0 Å². The standard InChI is InChI=1S/C16H21N5O3/c1-9-5-12(19-18-9)6-14(22)21-7-10(2)23-13(8-21)16-17-15(20-24-16)11-3-4-11/h5,10-11,13H,3-4,6-8H2,1-2H3,(H,18,19)/t10-,13-/m0/s1. The Labute approximate surface area is 139 Å². The number of aryl methyl sites for hydroxylation is 1. The van der Waals surface area contributed by atoms with Crippen molar-refractivity contribution in [2.75, 3.05) is 13.1 Å². The largest absolute Gasteiger partial charge is 0.362 e. The topological polar surface area (TPSA) is 97.1 Å². The maximum Gasteiger partial charge on any atom is 0.257 e. The van der Waals surface area contributed by atoms with Crippen LogP contribution < -0.4 is 0 Å². The first-order valence-electron chi connectivity index (χ1n) is 8.36. The molecule has 1 saturated carbocycles. The van der Waals surface area contributed by atoms with Gasteiger partial charge in [-0.3, -0.25) is 9.89 Å². The summed E-state index contributed by atoms with van der Waals surface area (Å²) in [5.74, 6) is 1.70. The minimum Gasteiger partial charge on any atom is -0.362 e. The lowest BCUT2D eigenvalue weighted by Gasteiger charge is -2.35. The molecule has 2 aromatic rings. The fraction of sp³-hybridized carbons (Fsp3) is 0.625. The van der Waals surface area contributed by atoms with Gasteiger partial charge in [-0.2, -0.15) is 10.1 Å². The van der Waals surface area contributed by atoms with Gasteiger partial charge >= 0.3 is 0 Å². The van der Waals surface area contributed by atoms with Gasteiger partial charge in [-0.1, -0.05) is 5.16 Å². The summed E-state index contributed by atoms with van der Waals surface area (Å²) in [4.78, 5) is 18.8. The second kappa shape index (κ2) is 6.01. The van der Waals surface area contributed by atoms with Crippen LogP contribution in [0, 0.1) is 6.92 Å². The minimum atomic E-state index is -0.362. The minimum absolute atomic E-state index is 0.0311. The number of aromatic nitrogens is 4. The van der Waals surface area contributed by atoms with Crippen molar-refractivity contribution in [2.45, 2.75) is 51.2 Å². The molecule has 2 aromatic heterocycles. The van der Waals surface area contributed by atoms with Crippen molar-refractivity contribution in [2.24, 2.45) is 0 Å². The van der Waals surface area contributed by atoms with E-state index in [1.54, 1.807) is 4.90 Å². The highest BCUT2D eigenvalue weighted by molar-refractivity contribution is 5.78. The Balaban J connectivity index is 1.44. The van der Waals surface area contributed by atoms with Gasteiger partial charge in [0, 0.05) is 18.2 Å². The second-order valence-corrected chi connectivity index (χ2v) is 6.72. The highest BCUT2D eigenvalue weighted by Gasteiger charge is 2.35. The van der Waals surface area contributed by atoms with E-state index < -0.39 is 0 Å². The van der Waals surface area contributed by atoms with E-state index in [0.29, 0.717) is 24.9 Å². The van der Waals surface area contributed by atoms with Gasteiger partial charge < -0.3 is 14.2 Å². The van der Waals surface area contributed by atoms with Crippen LogP contribution in [0.3, 0.4) is 0 Å². The predicted molar refractivity (Wildman–Crippen MR) is 83.2 cm³/mol. The summed E-state index contributed by atoms with van der Waals surface area (Å²) in [5.41, 5.74) is 1.70. The fourth-order valence-corrected chi connectivity index (χ4v) is 3.01. The SMILES string of the molecule is Cc1cc(CC(=O)N2C[C@@H](c3nc(C4CC4)no3)O[C@@H](C)C2)n[nH]1. The highest BCUT2D eigenvalue weighted by Crippen LogP contribution is 2.38. The average molecular weight is 331 g/mol. The summed E-state index contributed by atoms with van der Waals surface area (Å²) in [6.07, 6.45) is 2.08. The number of nitrogens with zero attached hydrogens (tertiary/aromatic N) is 4. The van der Waals surface area contributed by atoms with Crippen molar-refractivity contribution in [1.82, 2.24) is 25.2 Å². The zero-order valence-electron chi connectivity index (χ0n) is 13.9. The second-order valence-electron chi connectivity index (χ2n) is 6.72. The van der Waals surface area contributed by atoms with Gasteiger partial charge in [0.1, 0.15) is 0 Å². The van der Waals surface area contributed by atoms with Crippen LogP contribution in [0.4, 0.5) is 0 Å². The number of amides is 1. The quantitative estimate of drug-likeness (QED) is 0.912. The molecule has 4 rings (SSSR count). The molecule has 2 aliphatic rings. The molecule has 2 fully saturated rings. The molecule has 0 radical (unpaired) electrons. The third-order valence-electron chi connectivity index (χ3n) is 4.38. The maximum absolute atomic E-state index is 12.6. The van der Waals surface area contributed by atoms with Crippen molar-refractivity contribution in [3.05, 3.63) is 29.2 Å². The molecule has 1 saturated heterocycles. The highest BCUT2D eigenvalue weighted by atomic mass is 16.5. The van der Waals surface area contributed by atoms with Crippen LogP contribution in [0.2, 0.25) is 0 Å². The summed E-state index contributed by atoms with van der Waals surface area (Å²) in [7, 11) is 0. The van der Waals surface area contributed by atoms with E-state index in [1.165, 1.54) is 0 Å². The molecule has 0 bridgehead atoms. The van der Waals surface area contributed by atoms with E-state index in [2.05, 4.69) is 20.3 Å². The molecular formula is C16H21N5O3. The van der Waals surface area contributed by atoms with Crippen LogP contribution in [-0.2, 0) is 16.0 Å². The molecule has 3 heterocycles. The van der Waals surface area contributed by atoms with Crippen LogP contribution in [0.1, 0.15) is 54.9 Å². The van der Waals surface area contributed by atoms with Crippen LogP contribution in [0.25, 0.3) is 0 Å². The molecule has 0 unspecified atom stereocenters. The summed E-state index contributed by atoms with van der Waals surface area (Å²) in [5, 5.41) is 11.0. The van der Waals surface area contributed by atoms with Crippen LogP contribution in [0.15, 0.2) is 10.6 Å². The molecule has 0 aromatic carbocycles. The van der Waals surface area contributed by atoms with Crippen molar-refractivity contribution in [1.29, 1.82) is 0 Å². The molecule has 8 nitrogen and oxygen atoms in total. The van der Waals surface area contributed by atoms with Gasteiger partial charge in [0.15, 0.2) is 11.9 Å². The Hall–Kier alpha value is -2.22. The molecule has 128 valence electrons. The maximum atomic E-state index is 12.6. The van der Waals surface area contributed by atoms with E-state index in [1.807, 2.05) is 19.9 Å². The molecule has 1 aliphatic carbocycles. The number of carbonyl (C=O) groups is 1. The lowest BCUT2D eigenvalue weighted by atomic mass is 10.2. The first-order chi connectivity index (χ1) is 11.6. The lowest BCUT2D eigenvalue weighted by Crippen LogP contribution is -2.46. The number of nitrogens with one attached hydrogen (secondary N) is 1. The van der Waals surface area contributed by atoms with Crippen molar-refractivity contribution in [3.63, 3.8) is 0 Å². The predicted octanol–water partition coefficient (Wildman–Crippen LogP) is 1.51. The third kappa shape index (κ3) is 3.19. The average Bonchev–Trinajstić information content (AvgIpc) is 3.14. The number of hydrogen-bond acceptors (Lipinski definition) is 6. The van der Waals surface area contributed by atoms with Crippen LogP contribution in [0.5, 0.6) is 0 Å². The number of carbonyl (C=O) groups excluding carboxylic acids is 1. The van der Waals surface area contributed by atoms with E-state index in [4.69, 9.17) is 9.26 Å². The van der Waals surface area contributed by atoms with E-state index in [0.717, 1.165) is 30.1 Å². The van der Waals surface area contributed by atoms with Crippen LogP contribution in [-0.4, -0.2) is 50.3 Å². The monoisotopic (exact) mass is 331 g/mol. The summed E-state index contributed by atoms with van der Waals surface area (Å²) >= 11 is 0. The first kappa shape index (κ1) is 15.3. The van der Waals surface area contributed by atoms with Gasteiger partial charge in [-0.25, -0.2) is 0 Å². The summed E-state index contributed by atoms with van der Waals surface area (Å²) in [6.45, 7) is 4.85. The Morgan fingerprint density at radius 2 is 2.25 bits per heavy atom. The molecule has 0 spiro atoms. The number of rotatable bonds is 4. The Bertz CT molecular complexity index is 736. The van der Waals surface area contributed by atoms with E-state index in [9.17, 15) is 4.79 Å². The molecule has 8 heteroatoms. The number of aromatic amines is 1. The van der Waals surface area contributed by atoms with E-state index >= 15 is 0 Å². The first-order valence-corrected chi connectivity index (χ1v) is 8.36. The molecular weight excluding hydrogens is 310 g/mol. The van der Waals surface area contributed by atoms with Gasteiger partial charge in [0.05, 0.1) is 24.8 Å². The van der Waals surface area contributed by atoms with Crippen LogP contribution >= 0.6 is 0 Å². The Morgan fingerprint density at radius 3 is 2.96 bits per heavy atom. The van der Waals surface area contributed by atoms with E-state index in [-0.39, 0.29) is 24.5 Å². The normalized spacial score (nSPS) is 24.3.